The van der Waals surface area contributed by atoms with Crippen LogP contribution in [0, 0.1) is 10.8 Å². The van der Waals surface area contributed by atoms with Gasteiger partial charge in [-0.25, -0.2) is 13.8 Å². The molecule has 0 saturated carbocycles. The number of nitrogens with one attached hydrogen (secondary N) is 2. The van der Waals surface area contributed by atoms with Gasteiger partial charge in [0.25, 0.3) is 0 Å². The van der Waals surface area contributed by atoms with Gasteiger partial charge in [0.15, 0.2) is 0 Å². The predicted octanol–water partition coefficient (Wildman–Crippen LogP) is 2.78. The molecule has 112 valence electrons. The van der Waals surface area contributed by atoms with Gasteiger partial charge in [-0.05, 0) is 6.54 Å². The molecule has 0 atom stereocenters. The van der Waals surface area contributed by atoms with E-state index in [1.165, 1.54) is 0 Å². The first-order chi connectivity index (χ1) is 8.58. The first-order valence-electron chi connectivity index (χ1n) is 6.59. The molecule has 0 radical (unpaired) electrons. The van der Waals surface area contributed by atoms with E-state index in [0.29, 0.717) is 13.1 Å². The zero-order chi connectivity index (χ0) is 15.1. The molecule has 0 rings (SSSR count). The molecular formula is C13H26F2N4. The minimum absolute atomic E-state index is 0.0115. The monoisotopic (exact) mass is 276 g/mol. The maximum Gasteiger partial charge on any atom is 0.249 e. The maximum atomic E-state index is 13.5. The van der Waals surface area contributed by atoms with Gasteiger partial charge < -0.3 is 11.1 Å². The largest absolute Gasteiger partial charge is 0.387 e. The normalized spacial score (nSPS) is 13.7. The summed E-state index contributed by atoms with van der Waals surface area (Å²) in [6, 6.07) is 0. The molecule has 0 spiro atoms. The third-order valence-electron chi connectivity index (χ3n) is 2.63. The van der Waals surface area contributed by atoms with Gasteiger partial charge in [-0.3, -0.25) is 5.41 Å². The second-order valence-corrected chi connectivity index (χ2v) is 5.66. The number of halogens is 2. The van der Waals surface area contributed by atoms with Gasteiger partial charge in [-0.2, -0.15) is 0 Å². The first-order valence-corrected chi connectivity index (χ1v) is 6.59. The molecule has 0 aliphatic rings. The number of alkyl halides is 2. The molecule has 0 aliphatic heterocycles. The minimum atomic E-state index is -2.74. The van der Waals surface area contributed by atoms with Crippen molar-refractivity contribution >= 4 is 11.7 Å². The van der Waals surface area contributed by atoms with Crippen LogP contribution in [0.25, 0.3) is 0 Å². The molecule has 4 N–H and O–H groups in total. The molecule has 0 aromatic heterocycles. The Morgan fingerprint density at radius 2 is 1.84 bits per heavy atom. The van der Waals surface area contributed by atoms with Crippen LogP contribution in [0.4, 0.5) is 8.78 Å². The Kier molecular flexibility index (Phi) is 7.11. The van der Waals surface area contributed by atoms with Crippen LogP contribution in [0.15, 0.2) is 4.99 Å². The Morgan fingerprint density at radius 3 is 2.32 bits per heavy atom. The Morgan fingerprint density at radius 1 is 1.26 bits per heavy atom. The molecule has 6 heteroatoms. The van der Waals surface area contributed by atoms with E-state index < -0.39 is 11.3 Å². The summed E-state index contributed by atoms with van der Waals surface area (Å²) >= 11 is 0. The molecule has 0 aliphatic carbocycles. The molecule has 0 aromatic carbocycles. The van der Waals surface area contributed by atoms with Crippen molar-refractivity contribution in [1.29, 1.82) is 5.41 Å². The molecule has 0 unspecified atom stereocenters. The lowest BCUT2D eigenvalue weighted by atomic mass is 9.95. The molecule has 4 nitrogen and oxygen atoms in total. The van der Waals surface area contributed by atoms with E-state index >= 15 is 0 Å². The highest BCUT2D eigenvalue weighted by atomic mass is 19.3. The van der Waals surface area contributed by atoms with E-state index in [9.17, 15) is 8.78 Å². The summed E-state index contributed by atoms with van der Waals surface area (Å²) in [5.74, 6) is -2.53. The maximum absolute atomic E-state index is 13.5. The third kappa shape index (κ3) is 8.64. The molecule has 0 amide bonds. The van der Waals surface area contributed by atoms with Crippen LogP contribution in [0.1, 0.15) is 47.0 Å². The Balaban J connectivity index is 4.24. The average Bonchev–Trinajstić information content (AvgIpc) is 2.25. The highest BCUT2D eigenvalue weighted by Crippen LogP contribution is 2.24. The van der Waals surface area contributed by atoms with Crippen LogP contribution in [0.3, 0.4) is 0 Å². The van der Waals surface area contributed by atoms with Gasteiger partial charge in [0, 0.05) is 31.2 Å². The summed E-state index contributed by atoms with van der Waals surface area (Å²) in [4.78, 5) is 3.88. The van der Waals surface area contributed by atoms with Gasteiger partial charge in [-0.1, -0.05) is 27.7 Å². The highest BCUT2D eigenvalue weighted by Gasteiger charge is 2.28. The molecule has 0 fully saturated rings. The fraction of sp³-hybridized carbons (Fsp3) is 0.846. The van der Waals surface area contributed by atoms with Crippen molar-refractivity contribution < 1.29 is 8.78 Å². The molecule has 19 heavy (non-hydrogen) atoms. The number of rotatable bonds is 7. The number of aliphatic imine (C=N–C) groups is 1. The summed E-state index contributed by atoms with van der Waals surface area (Å²) in [7, 11) is 0. The Labute approximate surface area is 114 Å². The van der Waals surface area contributed by atoms with Gasteiger partial charge in [0.2, 0.25) is 5.92 Å². The quantitative estimate of drug-likeness (QED) is 0.380. The van der Waals surface area contributed by atoms with Gasteiger partial charge in [-0.15, -0.1) is 0 Å². The van der Waals surface area contributed by atoms with Crippen LogP contribution in [-0.4, -0.2) is 30.7 Å². The molecule has 0 saturated heterocycles. The number of hydrogen-bond donors (Lipinski definition) is 3. The van der Waals surface area contributed by atoms with E-state index in [2.05, 4.69) is 10.3 Å². The first kappa shape index (κ1) is 18.0. The zero-order valence-corrected chi connectivity index (χ0v) is 12.3. The molecular weight excluding hydrogens is 250 g/mol. The van der Waals surface area contributed by atoms with Crippen molar-refractivity contribution in [2.24, 2.45) is 16.1 Å². The fourth-order valence-corrected chi connectivity index (χ4v) is 1.25. The summed E-state index contributed by atoms with van der Waals surface area (Å²) in [6.07, 6.45) is -0.520. The number of amidine groups is 2. The highest BCUT2D eigenvalue weighted by molar-refractivity contribution is 5.97. The summed E-state index contributed by atoms with van der Waals surface area (Å²) in [6.45, 7) is 8.34. The van der Waals surface area contributed by atoms with E-state index in [4.69, 9.17) is 11.1 Å². The predicted molar refractivity (Wildman–Crippen MR) is 76.1 cm³/mol. The molecule has 0 heterocycles. The topological polar surface area (TPSA) is 74.3 Å². The smallest absolute Gasteiger partial charge is 0.249 e. The number of nitrogens with zero attached hydrogens (tertiary/aromatic N) is 1. The Bertz CT molecular complexity index is 319. The molecule has 0 bridgehead atoms. The lowest BCUT2D eigenvalue weighted by molar-refractivity contribution is -0.0135. The number of nitrogens with two attached hydrogens (primary N) is 1. The van der Waals surface area contributed by atoms with Crippen molar-refractivity contribution in [2.75, 3.05) is 13.1 Å². The lowest BCUT2D eigenvalue weighted by Gasteiger charge is -2.18. The van der Waals surface area contributed by atoms with Gasteiger partial charge in [0.1, 0.15) is 11.7 Å². The zero-order valence-electron chi connectivity index (χ0n) is 12.3. The standard InChI is InChI=1S/C13H26F2N4/c1-5-18-9-8-13(14,15)7-6-10(16)19-11(17)12(2,3)4/h18H,5-9H2,1-4H3,(H3,16,17,19). The van der Waals surface area contributed by atoms with Crippen molar-refractivity contribution in [2.45, 2.75) is 52.9 Å². The fourth-order valence-electron chi connectivity index (χ4n) is 1.25. The van der Waals surface area contributed by atoms with Crippen LogP contribution in [-0.2, 0) is 0 Å². The van der Waals surface area contributed by atoms with Crippen LogP contribution in [0.2, 0.25) is 0 Å². The Hall–Kier alpha value is -1.04. The van der Waals surface area contributed by atoms with Crippen molar-refractivity contribution in [3.8, 4) is 0 Å². The van der Waals surface area contributed by atoms with Crippen molar-refractivity contribution in [3.05, 3.63) is 0 Å². The van der Waals surface area contributed by atoms with Crippen LogP contribution in [0.5, 0.6) is 0 Å². The van der Waals surface area contributed by atoms with Crippen molar-refractivity contribution in [1.82, 2.24) is 5.32 Å². The molecule has 0 aromatic rings. The minimum Gasteiger partial charge on any atom is -0.387 e. The number of hydrogen-bond acceptors (Lipinski definition) is 2. The van der Waals surface area contributed by atoms with E-state index in [0.717, 1.165) is 0 Å². The SMILES string of the molecule is CCNCCC(F)(F)CCC(N)=NC(=N)C(C)(C)C. The second-order valence-electron chi connectivity index (χ2n) is 5.66. The second kappa shape index (κ2) is 7.53. The summed E-state index contributed by atoms with van der Waals surface area (Å²) in [5, 5.41) is 10.5. The average molecular weight is 276 g/mol. The van der Waals surface area contributed by atoms with Gasteiger partial charge >= 0.3 is 0 Å². The van der Waals surface area contributed by atoms with E-state index in [1.807, 2.05) is 27.7 Å². The van der Waals surface area contributed by atoms with Crippen LogP contribution < -0.4 is 11.1 Å². The lowest BCUT2D eigenvalue weighted by Crippen LogP contribution is -2.27. The van der Waals surface area contributed by atoms with E-state index in [-0.39, 0.29) is 30.9 Å². The van der Waals surface area contributed by atoms with Gasteiger partial charge in [0.05, 0.1) is 0 Å². The van der Waals surface area contributed by atoms with E-state index in [1.54, 1.807) is 0 Å². The third-order valence-corrected chi connectivity index (χ3v) is 2.63. The van der Waals surface area contributed by atoms with Crippen LogP contribution >= 0.6 is 0 Å². The summed E-state index contributed by atoms with van der Waals surface area (Å²) < 4.78 is 26.9. The van der Waals surface area contributed by atoms with Crippen molar-refractivity contribution in [3.63, 3.8) is 0 Å². The summed E-state index contributed by atoms with van der Waals surface area (Å²) in [5.41, 5.74) is 5.18.